The first kappa shape index (κ1) is 16.3. The van der Waals surface area contributed by atoms with Gasteiger partial charge in [0.15, 0.2) is 0 Å². The van der Waals surface area contributed by atoms with E-state index in [1.165, 1.54) is 0 Å². The summed E-state index contributed by atoms with van der Waals surface area (Å²) in [6, 6.07) is 1.55. The van der Waals surface area contributed by atoms with Gasteiger partial charge in [0, 0.05) is 11.9 Å². The Morgan fingerprint density at radius 2 is 1.90 bits per heavy atom. The second-order valence-corrected chi connectivity index (χ2v) is 5.10. The quantitative estimate of drug-likeness (QED) is 0.780. The van der Waals surface area contributed by atoms with Crippen LogP contribution in [0.3, 0.4) is 0 Å². The average molecular weight is 281 g/mol. The number of hydrogen-bond donors (Lipinski definition) is 1. The number of carbonyl (C=O) groups is 2. The molecule has 112 valence electrons. The molecular formula is C15H23NO4. The smallest absolute Gasteiger partial charge is 0.337 e. The summed E-state index contributed by atoms with van der Waals surface area (Å²) in [7, 11) is 0. The Labute approximate surface area is 119 Å². The molecule has 0 bridgehead atoms. The van der Waals surface area contributed by atoms with Crippen LogP contribution in [-0.2, 0) is 16.1 Å². The fourth-order valence-electron chi connectivity index (χ4n) is 2.37. The fourth-order valence-corrected chi connectivity index (χ4v) is 2.37. The molecule has 1 aromatic heterocycles. The van der Waals surface area contributed by atoms with Gasteiger partial charge in [-0.05, 0) is 38.7 Å². The van der Waals surface area contributed by atoms with E-state index in [9.17, 15) is 14.7 Å². The number of ether oxygens (including phenoxy) is 1. The summed E-state index contributed by atoms with van der Waals surface area (Å²) in [4.78, 5) is 23.1. The van der Waals surface area contributed by atoms with E-state index >= 15 is 0 Å². The van der Waals surface area contributed by atoms with Crippen molar-refractivity contribution in [2.45, 2.75) is 59.1 Å². The van der Waals surface area contributed by atoms with Crippen LogP contribution in [0.4, 0.5) is 0 Å². The van der Waals surface area contributed by atoms with E-state index in [1.54, 1.807) is 30.7 Å². The molecule has 1 aromatic rings. The van der Waals surface area contributed by atoms with E-state index < -0.39 is 5.97 Å². The van der Waals surface area contributed by atoms with E-state index in [0.717, 1.165) is 12.8 Å². The van der Waals surface area contributed by atoms with Crippen molar-refractivity contribution in [3.05, 3.63) is 23.5 Å². The molecule has 0 unspecified atom stereocenters. The Bertz CT molecular complexity index is 472. The molecular weight excluding hydrogens is 258 g/mol. The number of rotatable bonds is 7. The molecule has 0 saturated heterocycles. The second kappa shape index (κ2) is 7.12. The molecule has 0 aliphatic carbocycles. The number of aromatic carboxylic acids is 1. The maximum absolute atomic E-state index is 11.8. The average Bonchev–Trinajstić information content (AvgIpc) is 2.74. The first-order chi connectivity index (χ1) is 9.40. The van der Waals surface area contributed by atoms with E-state index in [4.69, 9.17) is 4.74 Å². The van der Waals surface area contributed by atoms with Crippen LogP contribution in [-0.4, -0.2) is 27.7 Å². The monoisotopic (exact) mass is 281 g/mol. The van der Waals surface area contributed by atoms with Gasteiger partial charge in [0.1, 0.15) is 6.54 Å². The lowest BCUT2D eigenvalue weighted by atomic mass is 9.96. The van der Waals surface area contributed by atoms with E-state index in [0.29, 0.717) is 5.69 Å². The van der Waals surface area contributed by atoms with Gasteiger partial charge in [-0.3, -0.25) is 4.79 Å². The van der Waals surface area contributed by atoms with Crippen molar-refractivity contribution in [1.82, 2.24) is 4.57 Å². The molecule has 0 amide bonds. The first-order valence-electron chi connectivity index (χ1n) is 7.02. The van der Waals surface area contributed by atoms with Crippen LogP contribution >= 0.6 is 0 Å². The molecule has 5 nitrogen and oxygen atoms in total. The van der Waals surface area contributed by atoms with Crippen molar-refractivity contribution in [2.24, 2.45) is 0 Å². The highest BCUT2D eigenvalue weighted by Gasteiger charge is 2.22. The zero-order valence-corrected chi connectivity index (χ0v) is 12.5. The summed E-state index contributed by atoms with van der Waals surface area (Å²) in [5.41, 5.74) is 0.985. The molecule has 1 rings (SSSR count). The van der Waals surface area contributed by atoms with Crippen molar-refractivity contribution in [2.75, 3.05) is 0 Å². The lowest BCUT2D eigenvalue weighted by Crippen LogP contribution is -2.20. The Kier molecular flexibility index (Phi) is 5.80. The minimum atomic E-state index is -0.956. The van der Waals surface area contributed by atoms with Gasteiger partial charge in [0.2, 0.25) is 0 Å². The molecule has 0 radical (unpaired) electrons. The third-order valence-electron chi connectivity index (χ3n) is 3.28. The SMILES string of the molecule is CCC(CC)c1c(C(=O)O)ccn1CC(=O)OC(C)C. The highest BCUT2D eigenvalue weighted by molar-refractivity contribution is 5.89. The van der Waals surface area contributed by atoms with Gasteiger partial charge in [0.05, 0.1) is 11.7 Å². The van der Waals surface area contributed by atoms with Crippen molar-refractivity contribution >= 4 is 11.9 Å². The van der Waals surface area contributed by atoms with Crippen molar-refractivity contribution in [1.29, 1.82) is 0 Å². The van der Waals surface area contributed by atoms with Crippen LogP contribution in [0.15, 0.2) is 12.3 Å². The highest BCUT2D eigenvalue weighted by atomic mass is 16.5. The van der Waals surface area contributed by atoms with E-state index in [2.05, 4.69) is 0 Å². The normalized spacial score (nSPS) is 11.1. The Morgan fingerprint density at radius 3 is 2.35 bits per heavy atom. The second-order valence-electron chi connectivity index (χ2n) is 5.10. The van der Waals surface area contributed by atoms with Gasteiger partial charge >= 0.3 is 11.9 Å². The van der Waals surface area contributed by atoms with Crippen LogP contribution < -0.4 is 0 Å². The molecule has 0 aromatic carbocycles. The Hall–Kier alpha value is -1.78. The summed E-state index contributed by atoms with van der Waals surface area (Å²) in [5, 5.41) is 9.27. The fraction of sp³-hybridized carbons (Fsp3) is 0.600. The maximum Gasteiger partial charge on any atom is 0.337 e. The van der Waals surface area contributed by atoms with Crippen LogP contribution in [0.1, 0.15) is 62.5 Å². The summed E-state index contributed by atoms with van der Waals surface area (Å²) in [5.74, 6) is -1.18. The predicted octanol–water partition coefficient (Wildman–Crippen LogP) is 3.04. The molecule has 0 aliphatic rings. The third kappa shape index (κ3) is 3.85. The van der Waals surface area contributed by atoms with Crippen molar-refractivity contribution in [3.8, 4) is 0 Å². The van der Waals surface area contributed by atoms with E-state index in [1.807, 2.05) is 13.8 Å². The van der Waals surface area contributed by atoms with Gasteiger partial charge in [0.25, 0.3) is 0 Å². The zero-order chi connectivity index (χ0) is 15.3. The van der Waals surface area contributed by atoms with Crippen LogP contribution in [0, 0.1) is 0 Å². The molecule has 0 saturated carbocycles. The summed E-state index contributed by atoms with van der Waals surface area (Å²) < 4.78 is 6.82. The third-order valence-corrected chi connectivity index (χ3v) is 3.28. The van der Waals surface area contributed by atoms with Crippen molar-refractivity contribution < 1.29 is 19.4 Å². The van der Waals surface area contributed by atoms with E-state index in [-0.39, 0.29) is 30.1 Å². The van der Waals surface area contributed by atoms with Gasteiger partial charge in [-0.25, -0.2) is 4.79 Å². The molecule has 1 heterocycles. The summed E-state index contributed by atoms with van der Waals surface area (Å²) in [6.07, 6.45) is 3.15. The maximum atomic E-state index is 11.8. The van der Waals surface area contributed by atoms with Crippen molar-refractivity contribution in [3.63, 3.8) is 0 Å². The first-order valence-corrected chi connectivity index (χ1v) is 7.02. The molecule has 0 fully saturated rings. The predicted molar refractivity (Wildman–Crippen MR) is 75.9 cm³/mol. The largest absolute Gasteiger partial charge is 0.478 e. The molecule has 0 spiro atoms. The number of carboxylic acid groups (broad SMARTS) is 1. The Balaban J connectivity index is 3.07. The number of carbonyl (C=O) groups excluding carboxylic acids is 1. The minimum absolute atomic E-state index is 0.0529. The number of hydrogen-bond acceptors (Lipinski definition) is 3. The van der Waals surface area contributed by atoms with Crippen LogP contribution in [0.2, 0.25) is 0 Å². The number of nitrogens with zero attached hydrogens (tertiary/aromatic N) is 1. The standard InChI is InChI=1S/C15H23NO4/c1-5-11(6-2)14-12(15(18)19)7-8-16(14)9-13(17)20-10(3)4/h7-8,10-11H,5-6,9H2,1-4H3,(H,18,19). The molecule has 0 atom stereocenters. The topological polar surface area (TPSA) is 68.5 Å². The highest BCUT2D eigenvalue weighted by Crippen LogP contribution is 2.27. The summed E-state index contributed by atoms with van der Waals surface area (Å²) in [6.45, 7) is 7.67. The number of esters is 1. The van der Waals surface area contributed by atoms with Gasteiger partial charge < -0.3 is 14.4 Å². The molecule has 20 heavy (non-hydrogen) atoms. The number of aromatic nitrogens is 1. The zero-order valence-electron chi connectivity index (χ0n) is 12.5. The minimum Gasteiger partial charge on any atom is -0.478 e. The van der Waals surface area contributed by atoms with Gasteiger partial charge in [-0.2, -0.15) is 0 Å². The summed E-state index contributed by atoms with van der Waals surface area (Å²) >= 11 is 0. The van der Waals surface area contributed by atoms with Gasteiger partial charge in [-0.15, -0.1) is 0 Å². The van der Waals surface area contributed by atoms with Gasteiger partial charge in [-0.1, -0.05) is 13.8 Å². The van der Waals surface area contributed by atoms with Crippen LogP contribution in [0.25, 0.3) is 0 Å². The number of carboxylic acids is 1. The van der Waals surface area contributed by atoms with Crippen LogP contribution in [0.5, 0.6) is 0 Å². The molecule has 1 N–H and O–H groups in total. The molecule has 0 aliphatic heterocycles. The lowest BCUT2D eigenvalue weighted by molar-refractivity contribution is -0.148. The molecule has 5 heteroatoms. The Morgan fingerprint density at radius 1 is 1.30 bits per heavy atom. The lowest BCUT2D eigenvalue weighted by Gasteiger charge is -2.18.